The molecule has 2 aromatic rings. The van der Waals surface area contributed by atoms with Crippen LogP contribution in [0.5, 0.6) is 0 Å². The van der Waals surface area contributed by atoms with Gasteiger partial charge in [-0.15, -0.1) is 0 Å². The molecule has 0 amide bonds. The molecule has 0 aliphatic rings. The van der Waals surface area contributed by atoms with Crippen molar-refractivity contribution in [2.24, 2.45) is 7.05 Å². The van der Waals surface area contributed by atoms with E-state index < -0.39 is 23.2 Å². The Morgan fingerprint density at radius 3 is 2.74 bits per heavy atom. The highest BCUT2D eigenvalue weighted by molar-refractivity contribution is 5.88. The Balaban J connectivity index is 2.17. The number of carboxylic acids is 1. The molecule has 1 aromatic heterocycles. The third kappa shape index (κ3) is 2.70. The minimum absolute atomic E-state index is 0.0913. The molecule has 0 atom stereocenters. The molecular weight excluding hydrogens is 256 g/mol. The predicted octanol–water partition coefficient (Wildman–Crippen LogP) is 2.01. The summed E-state index contributed by atoms with van der Waals surface area (Å²) in [7, 11) is 1.74. The van der Waals surface area contributed by atoms with Crippen LogP contribution in [0, 0.1) is 11.6 Å². The lowest BCUT2D eigenvalue weighted by atomic mass is 10.1. The SMILES string of the molecule is Cn1cc(CNc2ccc(C(=O)O)c(F)c2F)cn1. The molecule has 2 N–H and O–H groups in total. The third-order valence-electron chi connectivity index (χ3n) is 2.55. The van der Waals surface area contributed by atoms with Crippen LogP contribution >= 0.6 is 0 Å². The molecular formula is C12H11F2N3O2. The van der Waals surface area contributed by atoms with Gasteiger partial charge >= 0.3 is 5.97 Å². The molecule has 7 heteroatoms. The van der Waals surface area contributed by atoms with Crippen LogP contribution < -0.4 is 5.32 Å². The van der Waals surface area contributed by atoms with Gasteiger partial charge in [0.15, 0.2) is 11.6 Å². The molecule has 0 bridgehead atoms. The topological polar surface area (TPSA) is 67.2 Å². The molecule has 0 aliphatic heterocycles. The molecule has 19 heavy (non-hydrogen) atoms. The lowest BCUT2D eigenvalue weighted by Crippen LogP contribution is -2.07. The fourth-order valence-corrected chi connectivity index (χ4v) is 1.61. The second kappa shape index (κ2) is 5.05. The van der Waals surface area contributed by atoms with Crippen LogP contribution in [0.15, 0.2) is 24.5 Å². The van der Waals surface area contributed by atoms with Crippen LogP contribution in [-0.4, -0.2) is 20.9 Å². The van der Waals surface area contributed by atoms with Crippen molar-refractivity contribution in [1.82, 2.24) is 9.78 Å². The van der Waals surface area contributed by atoms with Gasteiger partial charge in [-0.25, -0.2) is 13.6 Å². The number of anilines is 1. The van der Waals surface area contributed by atoms with Crippen molar-refractivity contribution in [3.63, 3.8) is 0 Å². The van der Waals surface area contributed by atoms with Crippen LogP contribution in [0.1, 0.15) is 15.9 Å². The maximum absolute atomic E-state index is 13.6. The average Bonchev–Trinajstić information content (AvgIpc) is 2.76. The summed E-state index contributed by atoms with van der Waals surface area (Å²) in [5.74, 6) is -4.08. The number of carboxylic acid groups (broad SMARTS) is 1. The summed E-state index contributed by atoms with van der Waals surface area (Å²) in [5, 5.41) is 15.3. The highest BCUT2D eigenvalue weighted by atomic mass is 19.2. The van der Waals surface area contributed by atoms with Gasteiger partial charge in [0, 0.05) is 25.4 Å². The average molecular weight is 267 g/mol. The highest BCUT2D eigenvalue weighted by Gasteiger charge is 2.17. The number of aromatic carboxylic acids is 1. The Kier molecular flexibility index (Phi) is 3.46. The second-order valence-electron chi connectivity index (χ2n) is 3.97. The van der Waals surface area contributed by atoms with Crippen LogP contribution in [0.2, 0.25) is 0 Å². The number of hydrogen-bond donors (Lipinski definition) is 2. The predicted molar refractivity (Wildman–Crippen MR) is 63.9 cm³/mol. The first-order valence-corrected chi connectivity index (χ1v) is 5.41. The number of aryl methyl sites for hydroxylation is 1. The number of nitrogens with zero attached hydrogens (tertiary/aromatic N) is 2. The minimum atomic E-state index is -1.50. The van der Waals surface area contributed by atoms with Crippen molar-refractivity contribution in [2.45, 2.75) is 6.54 Å². The van der Waals surface area contributed by atoms with E-state index in [0.29, 0.717) is 0 Å². The van der Waals surface area contributed by atoms with E-state index in [2.05, 4.69) is 10.4 Å². The lowest BCUT2D eigenvalue weighted by molar-refractivity contribution is 0.0690. The van der Waals surface area contributed by atoms with Crippen molar-refractivity contribution in [1.29, 1.82) is 0 Å². The standard InChI is InChI=1S/C12H11F2N3O2/c1-17-6-7(5-16-17)4-15-9-3-2-8(12(18)19)10(13)11(9)14/h2-3,5-6,15H,4H2,1H3,(H,18,19). The Morgan fingerprint density at radius 1 is 1.42 bits per heavy atom. The zero-order chi connectivity index (χ0) is 14.0. The maximum atomic E-state index is 13.6. The molecule has 0 unspecified atom stereocenters. The van der Waals surface area contributed by atoms with Gasteiger partial charge in [0.05, 0.1) is 17.4 Å². The van der Waals surface area contributed by atoms with E-state index >= 15 is 0 Å². The van der Waals surface area contributed by atoms with Gasteiger partial charge in [-0.3, -0.25) is 4.68 Å². The third-order valence-corrected chi connectivity index (χ3v) is 2.55. The van der Waals surface area contributed by atoms with Crippen LogP contribution in [-0.2, 0) is 13.6 Å². The summed E-state index contributed by atoms with van der Waals surface area (Å²) in [5.41, 5.74) is 0.0143. The van der Waals surface area contributed by atoms with E-state index in [0.717, 1.165) is 11.6 Å². The van der Waals surface area contributed by atoms with E-state index in [1.807, 2.05) is 0 Å². The largest absolute Gasteiger partial charge is 0.478 e. The lowest BCUT2D eigenvalue weighted by Gasteiger charge is -2.08. The Labute approximate surface area is 107 Å². The zero-order valence-electron chi connectivity index (χ0n) is 10.0. The maximum Gasteiger partial charge on any atom is 0.338 e. The molecule has 0 saturated heterocycles. The number of benzene rings is 1. The number of nitrogens with one attached hydrogen (secondary N) is 1. The van der Waals surface area contributed by atoms with Gasteiger partial charge in [-0.2, -0.15) is 5.10 Å². The Hall–Kier alpha value is -2.44. The molecule has 2 rings (SSSR count). The van der Waals surface area contributed by atoms with Crippen molar-refractivity contribution in [2.75, 3.05) is 5.32 Å². The monoisotopic (exact) mass is 267 g/mol. The first-order valence-electron chi connectivity index (χ1n) is 5.41. The van der Waals surface area contributed by atoms with Crippen molar-refractivity contribution >= 4 is 11.7 Å². The summed E-state index contributed by atoms with van der Waals surface area (Å²) in [6.07, 6.45) is 3.32. The first kappa shape index (κ1) is 13.0. The van der Waals surface area contributed by atoms with Gasteiger partial charge in [0.2, 0.25) is 0 Å². The van der Waals surface area contributed by atoms with E-state index in [1.54, 1.807) is 24.1 Å². The highest BCUT2D eigenvalue weighted by Crippen LogP contribution is 2.21. The van der Waals surface area contributed by atoms with Crippen molar-refractivity contribution in [3.05, 3.63) is 47.3 Å². The molecule has 100 valence electrons. The molecule has 5 nitrogen and oxygen atoms in total. The van der Waals surface area contributed by atoms with Crippen LogP contribution in [0.3, 0.4) is 0 Å². The number of halogens is 2. The smallest absolute Gasteiger partial charge is 0.338 e. The molecule has 0 spiro atoms. The molecule has 1 heterocycles. The van der Waals surface area contributed by atoms with E-state index in [1.165, 1.54) is 6.07 Å². The summed E-state index contributed by atoms with van der Waals surface area (Å²) < 4.78 is 28.6. The van der Waals surface area contributed by atoms with Gasteiger partial charge in [0.25, 0.3) is 0 Å². The van der Waals surface area contributed by atoms with Gasteiger partial charge in [-0.05, 0) is 12.1 Å². The molecule has 0 fully saturated rings. The molecule has 0 radical (unpaired) electrons. The van der Waals surface area contributed by atoms with Gasteiger partial charge in [0.1, 0.15) is 0 Å². The fourth-order valence-electron chi connectivity index (χ4n) is 1.61. The first-order chi connectivity index (χ1) is 8.99. The van der Waals surface area contributed by atoms with Gasteiger partial charge < -0.3 is 10.4 Å². The second-order valence-corrected chi connectivity index (χ2v) is 3.97. The summed E-state index contributed by atoms with van der Waals surface area (Å²) >= 11 is 0. The Bertz CT molecular complexity index is 625. The fraction of sp³-hybridized carbons (Fsp3) is 0.167. The zero-order valence-corrected chi connectivity index (χ0v) is 10.0. The van der Waals surface area contributed by atoms with E-state index in [-0.39, 0.29) is 12.2 Å². The van der Waals surface area contributed by atoms with Crippen molar-refractivity contribution in [3.8, 4) is 0 Å². The molecule has 0 aliphatic carbocycles. The van der Waals surface area contributed by atoms with Crippen LogP contribution in [0.25, 0.3) is 0 Å². The van der Waals surface area contributed by atoms with Crippen molar-refractivity contribution < 1.29 is 18.7 Å². The number of carbonyl (C=O) groups is 1. The quantitative estimate of drug-likeness (QED) is 0.889. The summed E-state index contributed by atoms with van der Waals surface area (Å²) in [4.78, 5) is 10.6. The molecule has 1 aromatic carbocycles. The van der Waals surface area contributed by atoms with E-state index in [4.69, 9.17) is 5.11 Å². The number of hydrogen-bond acceptors (Lipinski definition) is 3. The molecule has 0 saturated carbocycles. The van der Waals surface area contributed by atoms with E-state index in [9.17, 15) is 13.6 Å². The summed E-state index contributed by atoms with van der Waals surface area (Å²) in [6.45, 7) is 0.261. The number of rotatable bonds is 4. The normalized spacial score (nSPS) is 10.5. The Morgan fingerprint density at radius 2 is 2.16 bits per heavy atom. The summed E-state index contributed by atoms with van der Waals surface area (Å²) in [6, 6.07) is 2.21. The minimum Gasteiger partial charge on any atom is -0.478 e. The van der Waals surface area contributed by atoms with Crippen LogP contribution in [0.4, 0.5) is 14.5 Å². The van der Waals surface area contributed by atoms with Gasteiger partial charge in [-0.1, -0.05) is 0 Å². The number of aromatic nitrogens is 2.